The number of hydrogen-bond acceptors (Lipinski definition) is 12. The molecule has 0 bridgehead atoms. The number of anilines is 2. The highest BCUT2D eigenvalue weighted by molar-refractivity contribution is 7.79. The Bertz CT molecular complexity index is 1440. The van der Waals surface area contributed by atoms with Gasteiger partial charge in [0.15, 0.2) is 0 Å². The maximum Gasteiger partial charge on any atom is 0.408 e. The Morgan fingerprint density at radius 1 is 0.690 bits per heavy atom. The number of aryl methyl sites for hydroxylation is 2. The van der Waals surface area contributed by atoms with Crippen LogP contribution >= 0.6 is 22.7 Å². The van der Waals surface area contributed by atoms with Gasteiger partial charge in [0.1, 0.15) is 23.8 Å². The molecule has 2 aromatic heterocycles. The van der Waals surface area contributed by atoms with Crippen molar-refractivity contribution >= 4 is 66.1 Å². The summed E-state index contributed by atoms with van der Waals surface area (Å²) in [5, 5.41) is 23.4. The van der Waals surface area contributed by atoms with Crippen LogP contribution in [-0.4, -0.2) is 44.7 Å². The number of nitrogens with zero attached hydrogens (tertiary/aromatic N) is 8. The van der Waals surface area contributed by atoms with E-state index in [1.807, 2.05) is 47.4 Å². The fourth-order valence-corrected chi connectivity index (χ4v) is 5.27. The van der Waals surface area contributed by atoms with Crippen molar-refractivity contribution in [2.45, 2.75) is 33.4 Å². The van der Waals surface area contributed by atoms with Crippen LogP contribution in [0.1, 0.15) is 20.3 Å². The summed E-state index contributed by atoms with van der Waals surface area (Å²) in [7, 11) is -0.913. The fourth-order valence-electron chi connectivity index (χ4n) is 3.79. The molecule has 0 radical (unpaired) electrons. The van der Waals surface area contributed by atoms with Gasteiger partial charge >= 0.3 is 10.3 Å². The van der Waals surface area contributed by atoms with Crippen molar-refractivity contribution in [2.75, 3.05) is 37.0 Å². The topological polar surface area (TPSA) is 144 Å². The lowest BCUT2D eigenvalue weighted by Crippen LogP contribution is -2.28. The average molecular weight is 631 g/mol. The molecular formula is C27H34N8O4S3. The van der Waals surface area contributed by atoms with Crippen LogP contribution in [0.5, 0.6) is 0 Å². The molecule has 12 nitrogen and oxygen atoms in total. The molecule has 0 spiro atoms. The number of rotatable bonds is 12. The van der Waals surface area contributed by atoms with Gasteiger partial charge in [-0.3, -0.25) is 8.42 Å². The first kappa shape index (κ1) is 32.9. The molecule has 0 saturated carbocycles. The molecule has 2 aromatic carbocycles. The van der Waals surface area contributed by atoms with Gasteiger partial charge in [-0.25, -0.2) is 9.13 Å². The molecule has 224 valence electrons. The van der Waals surface area contributed by atoms with E-state index in [0.29, 0.717) is 0 Å². The van der Waals surface area contributed by atoms with Gasteiger partial charge in [-0.2, -0.15) is 0 Å². The van der Waals surface area contributed by atoms with E-state index in [2.05, 4.69) is 91.6 Å². The van der Waals surface area contributed by atoms with Crippen molar-refractivity contribution in [2.24, 2.45) is 20.5 Å². The van der Waals surface area contributed by atoms with Crippen molar-refractivity contribution < 1.29 is 26.7 Å². The van der Waals surface area contributed by atoms with Crippen LogP contribution in [0.25, 0.3) is 0 Å². The van der Waals surface area contributed by atoms with Gasteiger partial charge in [0.25, 0.3) is 0 Å². The van der Waals surface area contributed by atoms with Crippen molar-refractivity contribution in [1.82, 2.24) is 0 Å². The maximum atomic E-state index is 8.52. The number of thiazole rings is 2. The third-order valence-electron chi connectivity index (χ3n) is 6.07. The molecule has 0 aliphatic rings. The van der Waals surface area contributed by atoms with E-state index < -0.39 is 10.4 Å². The van der Waals surface area contributed by atoms with Crippen LogP contribution in [0, 0.1) is 0 Å². The molecule has 0 aliphatic carbocycles. The van der Waals surface area contributed by atoms with Crippen molar-refractivity contribution in [3.8, 4) is 0 Å². The molecule has 0 fully saturated rings. The summed E-state index contributed by atoms with van der Waals surface area (Å²) in [5.41, 5.74) is 4.06. The van der Waals surface area contributed by atoms with Crippen molar-refractivity contribution in [3.05, 3.63) is 71.7 Å². The summed E-state index contributed by atoms with van der Waals surface area (Å²) in [6.07, 6.45) is 5.11. The zero-order chi connectivity index (χ0) is 30.5. The Morgan fingerprint density at radius 2 is 1.05 bits per heavy atom. The zero-order valence-electron chi connectivity index (χ0n) is 23.9. The van der Waals surface area contributed by atoms with Crippen LogP contribution in [0.3, 0.4) is 0 Å². The zero-order valence-corrected chi connectivity index (χ0v) is 26.3. The van der Waals surface area contributed by atoms with Crippen molar-refractivity contribution in [1.29, 1.82) is 0 Å². The highest BCUT2D eigenvalue weighted by atomic mass is 32.3. The molecule has 15 heteroatoms. The Labute approximate surface area is 254 Å². The summed E-state index contributed by atoms with van der Waals surface area (Å²) in [6, 6.07) is 16.5. The molecule has 0 aliphatic heterocycles. The quantitative estimate of drug-likeness (QED) is 0.0828. The van der Waals surface area contributed by atoms with Gasteiger partial charge in [-0.15, -0.1) is 0 Å². The molecule has 0 atom stereocenters. The molecule has 4 rings (SSSR count). The lowest BCUT2D eigenvalue weighted by atomic mass is 10.2. The largest absolute Gasteiger partial charge is 0.759 e. The van der Waals surface area contributed by atoms with Gasteiger partial charge < -0.3 is 18.9 Å². The smallest absolute Gasteiger partial charge is 0.408 e. The van der Waals surface area contributed by atoms with E-state index in [4.69, 9.17) is 17.5 Å². The monoisotopic (exact) mass is 630 g/mol. The minimum absolute atomic E-state index is 0.857. The summed E-state index contributed by atoms with van der Waals surface area (Å²) >= 11 is 3.19. The van der Waals surface area contributed by atoms with E-state index >= 15 is 0 Å². The number of hydrogen-bond donors (Lipinski definition) is 0. The Kier molecular flexibility index (Phi) is 12.6. The first-order valence-corrected chi connectivity index (χ1v) is 16.2. The van der Waals surface area contributed by atoms with Crippen LogP contribution < -0.4 is 18.9 Å². The van der Waals surface area contributed by atoms with Crippen LogP contribution in [-0.2, 0) is 23.5 Å². The highest BCUT2D eigenvalue weighted by Gasteiger charge is 2.11. The minimum atomic E-state index is -5.17. The normalized spacial score (nSPS) is 11.6. The average Bonchev–Trinajstić information content (AvgIpc) is 3.63. The summed E-state index contributed by atoms with van der Waals surface area (Å²) in [6.45, 7) is 7.91. The number of azo groups is 2. The third-order valence-corrected chi connectivity index (χ3v) is 7.64. The Balaban J connectivity index is 0.000000892. The third kappa shape index (κ3) is 11.0. The molecule has 0 N–H and O–H groups in total. The molecule has 0 unspecified atom stereocenters. The van der Waals surface area contributed by atoms with Gasteiger partial charge in [0.2, 0.25) is 0 Å². The van der Waals surface area contributed by atoms with Crippen LogP contribution in [0.2, 0.25) is 0 Å². The van der Waals surface area contributed by atoms with Gasteiger partial charge in [0.05, 0.1) is 23.3 Å². The molecule has 2 heterocycles. The lowest BCUT2D eigenvalue weighted by Gasteiger charge is -2.23. The SMILES string of the molecule is CC[n+]1ccsc1N=Nc1ccc(N(C)CCCN(C)c2ccc(N=Nc3scc[n+]3CC)cc2)cc1.O=S(=O)([O-])[O-]. The van der Waals surface area contributed by atoms with E-state index in [0.717, 1.165) is 54.2 Å². The summed E-state index contributed by atoms with van der Waals surface area (Å²) < 4.78 is 38.3. The lowest BCUT2D eigenvalue weighted by molar-refractivity contribution is -0.677. The molecule has 4 aromatic rings. The predicted octanol–water partition coefficient (Wildman–Crippen LogP) is 5.88. The minimum Gasteiger partial charge on any atom is -0.759 e. The second-order valence-corrected chi connectivity index (χ2v) is 11.5. The molecular weight excluding hydrogens is 597 g/mol. The van der Waals surface area contributed by atoms with E-state index in [9.17, 15) is 0 Å². The predicted molar refractivity (Wildman–Crippen MR) is 163 cm³/mol. The summed E-state index contributed by atoms with van der Waals surface area (Å²) in [4.78, 5) is 4.55. The fraction of sp³-hybridized carbons (Fsp3) is 0.333. The first-order valence-electron chi connectivity index (χ1n) is 13.1. The van der Waals surface area contributed by atoms with Gasteiger partial charge in [0, 0.05) is 59.7 Å². The van der Waals surface area contributed by atoms with E-state index in [-0.39, 0.29) is 0 Å². The van der Waals surface area contributed by atoms with Gasteiger partial charge in [-0.05, 0) is 102 Å². The molecule has 42 heavy (non-hydrogen) atoms. The van der Waals surface area contributed by atoms with Crippen molar-refractivity contribution in [3.63, 3.8) is 0 Å². The van der Waals surface area contributed by atoms with Crippen LogP contribution in [0.15, 0.2) is 92.1 Å². The van der Waals surface area contributed by atoms with Gasteiger partial charge in [-0.1, -0.05) is 0 Å². The number of aromatic nitrogens is 2. The second-order valence-electron chi connectivity index (χ2n) is 8.98. The maximum absolute atomic E-state index is 8.52. The number of benzene rings is 2. The Morgan fingerprint density at radius 3 is 1.38 bits per heavy atom. The second kappa shape index (κ2) is 16.1. The standard InChI is InChI=1S/C27H34N8S2.H2O4S/c1-5-34-18-20-36-26(34)30-28-22-8-12-24(13-9-22)32(3)16-7-17-33(4)25-14-10-23(11-15-25)29-31-27-35(6-2)19-21-37-27;1-5(2,3)4/h8-15,18-21H,5-7,16-17H2,1-4H3;(H2,1,2,3,4)/q+2;/p-2. The van der Waals surface area contributed by atoms with Crippen LogP contribution in [0.4, 0.5) is 33.0 Å². The summed E-state index contributed by atoms with van der Waals surface area (Å²) in [5.74, 6) is 0. The van der Waals surface area contributed by atoms with E-state index in [1.54, 1.807) is 22.7 Å². The first-order chi connectivity index (χ1) is 20.1. The highest BCUT2D eigenvalue weighted by Crippen LogP contribution is 2.24. The Hall–Kier alpha value is -3.63. The van der Waals surface area contributed by atoms with E-state index in [1.165, 1.54) is 11.4 Å². The molecule has 0 amide bonds. The molecule has 0 saturated heterocycles.